The Kier molecular flexibility index (Phi) is 4.79. The maximum absolute atomic E-state index is 14.9. The van der Waals surface area contributed by atoms with Crippen LogP contribution in [0.25, 0.3) is 0 Å². The van der Waals surface area contributed by atoms with Crippen LogP contribution in [0.1, 0.15) is 22.9 Å². The molecule has 0 radical (unpaired) electrons. The van der Waals surface area contributed by atoms with E-state index in [9.17, 15) is 4.39 Å². The predicted octanol–water partition coefficient (Wildman–Crippen LogP) is 6.12. The van der Waals surface area contributed by atoms with E-state index < -0.39 is 0 Å². The lowest BCUT2D eigenvalue weighted by atomic mass is 10.1. The zero-order valence-corrected chi connectivity index (χ0v) is 16.2. The topological polar surface area (TPSA) is 6.48 Å². The van der Waals surface area contributed by atoms with Gasteiger partial charge in [0.25, 0.3) is 0 Å². The van der Waals surface area contributed by atoms with Crippen LogP contribution in [-0.4, -0.2) is 13.1 Å². The van der Waals surface area contributed by atoms with Gasteiger partial charge < -0.3 is 9.80 Å². The van der Waals surface area contributed by atoms with Crippen LogP contribution in [0.15, 0.2) is 66.7 Å². The summed E-state index contributed by atoms with van der Waals surface area (Å²) in [6.07, 6.45) is -0.288. The monoisotopic (exact) mass is 380 g/mol. The molecule has 4 rings (SSSR count). The van der Waals surface area contributed by atoms with E-state index in [1.54, 1.807) is 12.1 Å². The Morgan fingerprint density at radius 1 is 0.778 bits per heavy atom. The van der Waals surface area contributed by atoms with Crippen molar-refractivity contribution in [3.8, 4) is 0 Å². The van der Waals surface area contributed by atoms with Crippen LogP contribution in [0.5, 0.6) is 0 Å². The van der Waals surface area contributed by atoms with E-state index in [0.29, 0.717) is 10.6 Å². The van der Waals surface area contributed by atoms with Crippen LogP contribution in [-0.2, 0) is 0 Å². The van der Waals surface area contributed by atoms with Gasteiger partial charge in [-0.05, 0) is 50.2 Å². The Labute approximate surface area is 164 Å². The normalized spacial score (nSPS) is 14.8. The molecule has 0 unspecified atom stereocenters. The third kappa shape index (κ3) is 3.40. The lowest BCUT2D eigenvalue weighted by molar-refractivity contribution is 0.581. The first-order chi connectivity index (χ1) is 13.0. The molecule has 1 saturated heterocycles. The third-order valence-electron chi connectivity index (χ3n) is 5.16. The minimum Gasteiger partial charge on any atom is -0.345 e. The van der Waals surface area contributed by atoms with Gasteiger partial charge in [0.15, 0.2) is 0 Å². The van der Waals surface area contributed by atoms with Crippen molar-refractivity contribution >= 4 is 23.0 Å². The fourth-order valence-corrected chi connectivity index (χ4v) is 3.97. The summed E-state index contributed by atoms with van der Waals surface area (Å²) in [4.78, 5) is 4.45. The quantitative estimate of drug-likeness (QED) is 0.540. The minimum absolute atomic E-state index is 0.274. The molecular formula is C23H22ClFN2. The summed E-state index contributed by atoms with van der Waals surface area (Å²) in [6.45, 7) is 5.73. The van der Waals surface area contributed by atoms with Crippen molar-refractivity contribution in [3.05, 3.63) is 94.3 Å². The van der Waals surface area contributed by atoms with E-state index in [4.69, 9.17) is 11.6 Å². The number of nitrogens with zero attached hydrogens (tertiary/aromatic N) is 2. The fraction of sp³-hybridized carbons (Fsp3) is 0.217. The molecule has 1 aliphatic rings. The van der Waals surface area contributed by atoms with Crippen LogP contribution in [0.3, 0.4) is 0 Å². The second kappa shape index (κ2) is 7.24. The molecule has 0 bridgehead atoms. The molecule has 0 aliphatic carbocycles. The minimum atomic E-state index is -0.288. The summed E-state index contributed by atoms with van der Waals surface area (Å²) in [5.74, 6) is -0.274. The van der Waals surface area contributed by atoms with E-state index in [2.05, 4.69) is 72.2 Å². The molecule has 3 aromatic carbocycles. The summed E-state index contributed by atoms with van der Waals surface area (Å²) in [7, 11) is 0. The highest BCUT2D eigenvalue weighted by Gasteiger charge is 2.36. The predicted molar refractivity (Wildman–Crippen MR) is 111 cm³/mol. The van der Waals surface area contributed by atoms with Crippen LogP contribution >= 0.6 is 11.6 Å². The molecule has 4 heteroatoms. The number of hydrogen-bond donors (Lipinski definition) is 0. The number of anilines is 2. The van der Waals surface area contributed by atoms with Crippen molar-refractivity contribution in [1.29, 1.82) is 0 Å². The van der Waals surface area contributed by atoms with E-state index in [-0.39, 0.29) is 12.0 Å². The summed E-state index contributed by atoms with van der Waals surface area (Å²) < 4.78 is 14.9. The average Bonchev–Trinajstić information content (AvgIpc) is 3.07. The fourth-order valence-electron chi connectivity index (χ4n) is 3.71. The van der Waals surface area contributed by atoms with Gasteiger partial charge in [-0.1, -0.05) is 53.1 Å². The number of hydrogen-bond acceptors (Lipinski definition) is 2. The molecule has 0 N–H and O–H groups in total. The molecule has 1 aliphatic heterocycles. The summed E-state index contributed by atoms with van der Waals surface area (Å²) >= 11 is 6.47. The van der Waals surface area contributed by atoms with E-state index in [0.717, 1.165) is 24.5 Å². The van der Waals surface area contributed by atoms with E-state index in [1.165, 1.54) is 17.2 Å². The molecule has 0 saturated carbocycles. The second-order valence-electron chi connectivity index (χ2n) is 7.07. The van der Waals surface area contributed by atoms with Gasteiger partial charge in [0, 0.05) is 30.0 Å². The Hall–Kier alpha value is -2.52. The molecule has 0 aromatic heterocycles. The van der Waals surface area contributed by atoms with Gasteiger partial charge in [0.1, 0.15) is 12.0 Å². The number of benzene rings is 3. The lowest BCUT2D eigenvalue weighted by Gasteiger charge is -2.34. The molecule has 2 nitrogen and oxygen atoms in total. The molecule has 27 heavy (non-hydrogen) atoms. The Balaban J connectivity index is 1.83. The Morgan fingerprint density at radius 3 is 1.70 bits per heavy atom. The van der Waals surface area contributed by atoms with E-state index in [1.807, 2.05) is 0 Å². The molecule has 0 spiro atoms. The van der Waals surface area contributed by atoms with Crippen molar-refractivity contribution < 1.29 is 4.39 Å². The highest BCUT2D eigenvalue weighted by Crippen LogP contribution is 2.41. The highest BCUT2D eigenvalue weighted by molar-refractivity contribution is 6.31. The molecule has 0 amide bonds. The van der Waals surface area contributed by atoms with Crippen molar-refractivity contribution in [1.82, 2.24) is 0 Å². The molecule has 1 fully saturated rings. The first-order valence-corrected chi connectivity index (χ1v) is 9.53. The Bertz CT molecular complexity index is 864. The number of rotatable bonds is 3. The zero-order chi connectivity index (χ0) is 19.0. The first-order valence-electron chi connectivity index (χ1n) is 9.15. The lowest BCUT2D eigenvalue weighted by Crippen LogP contribution is -2.32. The molecule has 0 atom stereocenters. The van der Waals surface area contributed by atoms with Crippen LogP contribution in [0.2, 0.25) is 5.02 Å². The van der Waals surface area contributed by atoms with Crippen LogP contribution in [0.4, 0.5) is 15.8 Å². The maximum Gasteiger partial charge on any atom is 0.132 e. The second-order valence-corrected chi connectivity index (χ2v) is 7.47. The number of aryl methyl sites for hydroxylation is 2. The first kappa shape index (κ1) is 17.9. The van der Waals surface area contributed by atoms with Gasteiger partial charge in [-0.25, -0.2) is 4.39 Å². The largest absolute Gasteiger partial charge is 0.345 e. The molecular weight excluding hydrogens is 359 g/mol. The van der Waals surface area contributed by atoms with Gasteiger partial charge >= 0.3 is 0 Å². The van der Waals surface area contributed by atoms with Gasteiger partial charge in [-0.2, -0.15) is 0 Å². The molecule has 138 valence electrons. The van der Waals surface area contributed by atoms with Crippen LogP contribution < -0.4 is 9.80 Å². The van der Waals surface area contributed by atoms with Crippen molar-refractivity contribution in [2.24, 2.45) is 0 Å². The third-order valence-corrected chi connectivity index (χ3v) is 5.49. The molecule has 3 aromatic rings. The van der Waals surface area contributed by atoms with Crippen molar-refractivity contribution in [3.63, 3.8) is 0 Å². The average molecular weight is 381 g/mol. The van der Waals surface area contributed by atoms with Gasteiger partial charge in [0.05, 0.1) is 5.02 Å². The summed E-state index contributed by atoms with van der Waals surface area (Å²) in [6, 6.07) is 21.6. The smallest absolute Gasteiger partial charge is 0.132 e. The Morgan fingerprint density at radius 2 is 1.26 bits per heavy atom. The van der Waals surface area contributed by atoms with Gasteiger partial charge in [0.2, 0.25) is 0 Å². The van der Waals surface area contributed by atoms with Gasteiger partial charge in [-0.15, -0.1) is 0 Å². The molecule has 1 heterocycles. The van der Waals surface area contributed by atoms with Crippen molar-refractivity contribution in [2.75, 3.05) is 22.9 Å². The zero-order valence-electron chi connectivity index (χ0n) is 15.5. The van der Waals surface area contributed by atoms with Crippen molar-refractivity contribution in [2.45, 2.75) is 20.0 Å². The van der Waals surface area contributed by atoms with E-state index >= 15 is 0 Å². The van der Waals surface area contributed by atoms with Gasteiger partial charge in [-0.3, -0.25) is 0 Å². The maximum atomic E-state index is 14.9. The summed E-state index contributed by atoms with van der Waals surface area (Å²) in [5, 5.41) is 0.455. The standard InChI is InChI=1S/C23H22ClFN2/c1-16-6-10-18(11-7-16)26-14-15-27(19-12-8-17(2)9-13-19)23(26)22-20(24)4-3-5-21(22)25/h3-13,23H,14-15H2,1-2H3. The SMILES string of the molecule is Cc1ccc(N2CCN(c3ccc(C)cc3)C2c2c(F)cccc2Cl)cc1. The highest BCUT2D eigenvalue weighted by atomic mass is 35.5. The number of halogens is 2. The van der Waals surface area contributed by atoms with Crippen LogP contribution in [0, 0.1) is 19.7 Å². The summed E-state index contributed by atoms with van der Waals surface area (Å²) in [5.41, 5.74) is 5.07.